The molecule has 1 unspecified atom stereocenters. The number of aliphatic hydroxyl groups excluding tert-OH is 1. The van der Waals surface area contributed by atoms with E-state index in [1.807, 2.05) is 24.3 Å². The second kappa shape index (κ2) is 9.41. The van der Waals surface area contributed by atoms with Crippen LogP contribution in [0.4, 0.5) is 10.1 Å². The smallest absolute Gasteiger partial charge is 0.307 e. The quantitative estimate of drug-likeness (QED) is 0.286. The number of carbonyl (C=O) groups excluding carboxylic acids is 2. The normalized spacial score (nSPS) is 17.4. The first-order valence-corrected chi connectivity index (χ1v) is 11.5. The van der Waals surface area contributed by atoms with Crippen molar-refractivity contribution in [2.45, 2.75) is 38.6 Å². The van der Waals surface area contributed by atoms with Gasteiger partial charge >= 0.3 is 5.97 Å². The summed E-state index contributed by atoms with van der Waals surface area (Å²) in [6, 6.07) is 17.9. The number of Topliss-reactive ketones (excluding diaryl/α,β-unsaturated/α-hetero) is 1. The maximum atomic E-state index is 13.5. The summed E-state index contributed by atoms with van der Waals surface area (Å²) in [5.41, 5.74) is 2.58. The molecule has 1 amide bonds. The Morgan fingerprint density at radius 1 is 0.889 bits per heavy atom. The Balaban J connectivity index is 1.87. The van der Waals surface area contributed by atoms with Crippen molar-refractivity contribution in [2.75, 3.05) is 4.90 Å². The highest BCUT2D eigenvalue weighted by molar-refractivity contribution is 6.51. The molecule has 1 fully saturated rings. The zero-order valence-electron chi connectivity index (χ0n) is 20.2. The highest BCUT2D eigenvalue weighted by atomic mass is 19.1. The average Bonchev–Trinajstić information content (AvgIpc) is 3.09. The second-order valence-electron chi connectivity index (χ2n) is 9.78. The monoisotopic (exact) mass is 487 g/mol. The Kier molecular flexibility index (Phi) is 6.50. The Bertz CT molecular complexity index is 1350. The van der Waals surface area contributed by atoms with Gasteiger partial charge in [0.2, 0.25) is 0 Å². The van der Waals surface area contributed by atoms with Gasteiger partial charge in [-0.1, -0.05) is 57.2 Å². The molecule has 3 aromatic carbocycles. The Hall–Kier alpha value is -4.26. The van der Waals surface area contributed by atoms with Gasteiger partial charge < -0.3 is 10.2 Å². The van der Waals surface area contributed by atoms with Gasteiger partial charge in [-0.15, -0.1) is 0 Å². The van der Waals surface area contributed by atoms with Gasteiger partial charge in [-0.3, -0.25) is 19.3 Å². The van der Waals surface area contributed by atoms with Gasteiger partial charge in [0.1, 0.15) is 11.6 Å². The molecule has 1 heterocycles. The molecule has 0 saturated carbocycles. The van der Waals surface area contributed by atoms with Gasteiger partial charge in [0, 0.05) is 11.3 Å². The molecule has 36 heavy (non-hydrogen) atoms. The number of rotatable bonds is 5. The maximum Gasteiger partial charge on any atom is 0.307 e. The van der Waals surface area contributed by atoms with E-state index in [0.29, 0.717) is 16.8 Å². The highest BCUT2D eigenvalue weighted by Gasteiger charge is 2.47. The van der Waals surface area contributed by atoms with Gasteiger partial charge in [0.05, 0.1) is 18.0 Å². The summed E-state index contributed by atoms with van der Waals surface area (Å²) in [5, 5.41) is 20.2. The lowest BCUT2D eigenvalue weighted by atomic mass is 9.85. The van der Waals surface area contributed by atoms with Gasteiger partial charge in [0.25, 0.3) is 11.7 Å². The van der Waals surface area contributed by atoms with Crippen LogP contribution in [0.1, 0.15) is 49.1 Å². The molecule has 0 radical (unpaired) electrons. The van der Waals surface area contributed by atoms with Crippen LogP contribution in [0, 0.1) is 5.82 Å². The fourth-order valence-corrected chi connectivity index (χ4v) is 4.29. The minimum absolute atomic E-state index is 0.107. The number of ketones is 1. The first-order valence-electron chi connectivity index (χ1n) is 11.5. The number of anilines is 1. The fraction of sp³-hybridized carbons (Fsp3) is 0.207. The summed E-state index contributed by atoms with van der Waals surface area (Å²) >= 11 is 0. The molecular weight excluding hydrogens is 461 g/mol. The van der Waals surface area contributed by atoms with Crippen molar-refractivity contribution in [1.29, 1.82) is 0 Å². The summed E-state index contributed by atoms with van der Waals surface area (Å²) in [4.78, 5) is 38.8. The standard InChI is InChI=1S/C29H26FNO5/c1-29(2,3)20-10-6-18(7-11-20)25-24(26(34)19-8-12-21(30)13-9-19)27(35)28(36)31(25)22-14-4-17(5-15-22)16-23(32)33/h4-15,25,34H,16H2,1-3H3,(H,32,33)/b26-24-. The summed E-state index contributed by atoms with van der Waals surface area (Å²) in [6.07, 6.45) is -0.179. The number of hydrogen-bond donors (Lipinski definition) is 2. The molecule has 0 spiro atoms. The zero-order chi connectivity index (χ0) is 26.2. The maximum absolute atomic E-state index is 13.5. The van der Waals surface area contributed by atoms with E-state index in [-0.39, 0.29) is 23.0 Å². The first kappa shape index (κ1) is 24.9. The largest absolute Gasteiger partial charge is 0.507 e. The number of nitrogens with zero attached hydrogens (tertiary/aromatic N) is 1. The number of aliphatic carboxylic acids is 1. The highest BCUT2D eigenvalue weighted by Crippen LogP contribution is 2.42. The molecule has 1 atom stereocenters. The summed E-state index contributed by atoms with van der Waals surface area (Å²) < 4.78 is 13.5. The predicted molar refractivity (Wildman–Crippen MR) is 134 cm³/mol. The van der Waals surface area contributed by atoms with E-state index in [1.54, 1.807) is 24.3 Å². The minimum Gasteiger partial charge on any atom is -0.507 e. The SMILES string of the molecule is CC(C)(C)c1ccc(C2/C(=C(/O)c3ccc(F)cc3)C(=O)C(=O)N2c2ccc(CC(=O)O)cc2)cc1. The number of hydrogen-bond acceptors (Lipinski definition) is 4. The third-order valence-electron chi connectivity index (χ3n) is 6.22. The van der Waals surface area contributed by atoms with E-state index >= 15 is 0 Å². The molecular formula is C29H26FNO5. The number of carboxylic acids is 1. The van der Waals surface area contributed by atoms with Crippen LogP contribution in [0.15, 0.2) is 78.4 Å². The van der Waals surface area contributed by atoms with Crippen molar-refractivity contribution < 1.29 is 29.0 Å². The summed E-state index contributed by atoms with van der Waals surface area (Å²) in [7, 11) is 0. The van der Waals surface area contributed by atoms with Crippen molar-refractivity contribution in [3.05, 3.63) is 106 Å². The molecule has 0 bridgehead atoms. The fourth-order valence-electron chi connectivity index (χ4n) is 4.29. The molecule has 0 aliphatic carbocycles. The third kappa shape index (κ3) is 4.77. The van der Waals surface area contributed by atoms with Crippen LogP contribution in [-0.2, 0) is 26.2 Å². The minimum atomic E-state index is -0.985. The molecule has 6 nitrogen and oxygen atoms in total. The number of amides is 1. The number of carboxylic acid groups (broad SMARTS) is 1. The van der Waals surface area contributed by atoms with Gasteiger partial charge in [-0.05, 0) is 58.5 Å². The van der Waals surface area contributed by atoms with Crippen molar-refractivity contribution in [1.82, 2.24) is 0 Å². The molecule has 0 aromatic heterocycles. The van der Waals surface area contributed by atoms with Crippen LogP contribution < -0.4 is 4.90 Å². The van der Waals surface area contributed by atoms with Gasteiger partial charge in [-0.25, -0.2) is 4.39 Å². The van der Waals surface area contributed by atoms with E-state index in [2.05, 4.69) is 20.8 Å². The van der Waals surface area contributed by atoms with Crippen LogP contribution in [0.2, 0.25) is 0 Å². The van der Waals surface area contributed by atoms with Crippen LogP contribution in [0.3, 0.4) is 0 Å². The molecule has 1 saturated heterocycles. The summed E-state index contributed by atoms with van der Waals surface area (Å²) in [6.45, 7) is 6.21. The third-order valence-corrected chi connectivity index (χ3v) is 6.22. The summed E-state index contributed by atoms with van der Waals surface area (Å²) in [5.74, 6) is -3.57. The molecule has 3 aromatic rings. The number of carbonyl (C=O) groups is 3. The van der Waals surface area contributed by atoms with E-state index in [4.69, 9.17) is 5.11 Å². The zero-order valence-corrected chi connectivity index (χ0v) is 20.2. The van der Waals surface area contributed by atoms with Crippen molar-refractivity contribution >= 4 is 29.1 Å². The van der Waals surface area contributed by atoms with E-state index in [1.165, 1.54) is 29.2 Å². The van der Waals surface area contributed by atoms with Crippen molar-refractivity contribution in [2.24, 2.45) is 0 Å². The molecule has 1 aliphatic rings. The van der Waals surface area contributed by atoms with Crippen LogP contribution in [0.25, 0.3) is 5.76 Å². The van der Waals surface area contributed by atoms with Crippen LogP contribution in [0.5, 0.6) is 0 Å². The van der Waals surface area contributed by atoms with E-state index in [0.717, 1.165) is 5.56 Å². The van der Waals surface area contributed by atoms with Crippen molar-refractivity contribution in [3.8, 4) is 0 Å². The van der Waals surface area contributed by atoms with Gasteiger partial charge in [-0.2, -0.15) is 0 Å². The lowest BCUT2D eigenvalue weighted by molar-refractivity contribution is -0.136. The predicted octanol–water partition coefficient (Wildman–Crippen LogP) is 5.38. The number of benzene rings is 3. The van der Waals surface area contributed by atoms with E-state index in [9.17, 15) is 23.9 Å². The Labute approximate surface area is 208 Å². The molecule has 184 valence electrons. The lowest BCUT2D eigenvalue weighted by Gasteiger charge is -2.26. The molecule has 1 aliphatic heterocycles. The number of halogens is 1. The van der Waals surface area contributed by atoms with Crippen LogP contribution in [-0.4, -0.2) is 27.9 Å². The Morgan fingerprint density at radius 3 is 2.00 bits per heavy atom. The molecule has 7 heteroatoms. The van der Waals surface area contributed by atoms with Crippen LogP contribution >= 0.6 is 0 Å². The Morgan fingerprint density at radius 2 is 1.47 bits per heavy atom. The van der Waals surface area contributed by atoms with Gasteiger partial charge in [0.15, 0.2) is 0 Å². The van der Waals surface area contributed by atoms with E-state index < -0.39 is 35.3 Å². The second-order valence-corrected chi connectivity index (χ2v) is 9.78. The van der Waals surface area contributed by atoms with Crippen molar-refractivity contribution in [3.63, 3.8) is 0 Å². The lowest BCUT2D eigenvalue weighted by Crippen LogP contribution is -2.29. The average molecular weight is 488 g/mol. The number of aliphatic hydroxyl groups is 1. The topological polar surface area (TPSA) is 94.9 Å². The first-order chi connectivity index (χ1) is 17.0. The molecule has 2 N–H and O–H groups in total. The molecule has 4 rings (SSSR count).